The molecule has 0 radical (unpaired) electrons. The van der Waals surface area contributed by atoms with Crippen molar-refractivity contribution in [2.75, 3.05) is 12.4 Å². The number of hydrogen-bond acceptors (Lipinski definition) is 10. The van der Waals surface area contributed by atoms with E-state index in [0.717, 1.165) is 0 Å². The minimum atomic E-state index is -1.65. The number of nitrogens with two attached hydrogens (primary N) is 2. The predicted octanol–water partition coefficient (Wildman–Crippen LogP) is -2.67. The van der Waals surface area contributed by atoms with Crippen LogP contribution >= 0.6 is 12.6 Å². The molecule has 0 unspecified atom stereocenters. The zero-order chi connectivity index (χ0) is 32.8. The summed E-state index contributed by atoms with van der Waals surface area (Å²) in [7, 11) is 0. The van der Waals surface area contributed by atoms with Crippen molar-refractivity contribution in [2.45, 2.75) is 49.5 Å². The van der Waals surface area contributed by atoms with Crippen molar-refractivity contribution in [2.24, 2.45) is 11.5 Å². The van der Waals surface area contributed by atoms with E-state index in [2.05, 4.69) is 33.9 Å². The molecule has 5 atom stereocenters. The molecule has 2 aromatic rings. The third kappa shape index (κ3) is 11.5. The molecule has 0 bridgehead atoms. The van der Waals surface area contributed by atoms with Gasteiger partial charge >= 0.3 is 5.97 Å². The number of carboxylic acids is 1. The monoisotopic (exact) mass is 632 g/mol. The van der Waals surface area contributed by atoms with E-state index >= 15 is 0 Å². The molecule has 0 aromatic heterocycles. The van der Waals surface area contributed by atoms with Crippen LogP contribution in [0.3, 0.4) is 0 Å². The van der Waals surface area contributed by atoms with Gasteiger partial charge in [0.2, 0.25) is 29.5 Å². The Bertz CT molecular complexity index is 1310. The molecule has 0 aliphatic heterocycles. The van der Waals surface area contributed by atoms with E-state index < -0.39 is 78.7 Å². The summed E-state index contributed by atoms with van der Waals surface area (Å²) in [6.07, 6.45) is -0.815. The van der Waals surface area contributed by atoms with E-state index in [1.165, 1.54) is 24.3 Å². The van der Waals surface area contributed by atoms with Crippen LogP contribution in [0.1, 0.15) is 17.5 Å². The second kappa shape index (κ2) is 17.4. The lowest BCUT2D eigenvalue weighted by Gasteiger charge is -2.26. The molecule has 238 valence electrons. The van der Waals surface area contributed by atoms with Gasteiger partial charge in [-0.2, -0.15) is 12.6 Å². The molecule has 5 amide bonds. The van der Waals surface area contributed by atoms with Crippen LogP contribution in [0, 0.1) is 0 Å². The SMILES string of the molecule is NC(=O)C[C@H](NC(=O)[C@H](CS)NC(=O)[C@H](Cc1ccc(O)cc1)NC(=O)[C@H](Cc1ccccc1)NC(=O)[C@@H](N)CO)C(=O)O. The Morgan fingerprint density at radius 1 is 0.705 bits per heavy atom. The summed E-state index contributed by atoms with van der Waals surface area (Å²) < 4.78 is 0. The number of phenolic OH excluding ortho intramolecular Hbond substituents is 1. The number of aromatic hydroxyl groups is 1. The molecule has 16 heteroatoms. The van der Waals surface area contributed by atoms with Gasteiger partial charge in [0.25, 0.3) is 0 Å². The van der Waals surface area contributed by atoms with Gasteiger partial charge in [-0.3, -0.25) is 24.0 Å². The van der Waals surface area contributed by atoms with E-state index in [4.69, 9.17) is 11.5 Å². The zero-order valence-corrected chi connectivity index (χ0v) is 24.4. The highest BCUT2D eigenvalue weighted by Crippen LogP contribution is 2.12. The molecular formula is C28H36N6O9S. The first kappa shape index (κ1) is 35.5. The van der Waals surface area contributed by atoms with Crippen LogP contribution in [0.4, 0.5) is 0 Å². The highest BCUT2D eigenvalue weighted by molar-refractivity contribution is 7.80. The zero-order valence-electron chi connectivity index (χ0n) is 23.5. The normalized spacial score (nSPS) is 14.2. The smallest absolute Gasteiger partial charge is 0.326 e. The summed E-state index contributed by atoms with van der Waals surface area (Å²) in [5, 5.41) is 37.8. The fourth-order valence-corrected chi connectivity index (χ4v) is 4.17. The maximum absolute atomic E-state index is 13.5. The highest BCUT2D eigenvalue weighted by Gasteiger charge is 2.32. The minimum absolute atomic E-state index is 0.00220. The third-order valence-electron chi connectivity index (χ3n) is 6.29. The van der Waals surface area contributed by atoms with Crippen LogP contribution in [0.15, 0.2) is 54.6 Å². The van der Waals surface area contributed by atoms with Gasteiger partial charge in [0.05, 0.1) is 13.0 Å². The highest BCUT2D eigenvalue weighted by atomic mass is 32.1. The number of thiol groups is 1. The Labute approximate surface area is 258 Å². The number of phenols is 1. The van der Waals surface area contributed by atoms with Crippen LogP contribution < -0.4 is 32.7 Å². The van der Waals surface area contributed by atoms with E-state index in [1.54, 1.807) is 30.3 Å². The lowest BCUT2D eigenvalue weighted by Crippen LogP contribution is -2.60. The van der Waals surface area contributed by atoms with Crippen LogP contribution in [0.5, 0.6) is 5.75 Å². The first-order valence-electron chi connectivity index (χ1n) is 13.4. The summed E-state index contributed by atoms with van der Waals surface area (Å²) in [4.78, 5) is 74.9. The largest absolute Gasteiger partial charge is 0.508 e. The van der Waals surface area contributed by atoms with Gasteiger partial charge in [-0.1, -0.05) is 42.5 Å². The summed E-state index contributed by atoms with van der Waals surface area (Å²) in [5.74, 6) is -6.25. The molecule has 15 nitrogen and oxygen atoms in total. The molecule has 0 fully saturated rings. The molecule has 11 N–H and O–H groups in total. The third-order valence-corrected chi connectivity index (χ3v) is 6.66. The molecule has 44 heavy (non-hydrogen) atoms. The lowest BCUT2D eigenvalue weighted by molar-refractivity contribution is -0.143. The Morgan fingerprint density at radius 2 is 1.16 bits per heavy atom. The van der Waals surface area contributed by atoms with Gasteiger partial charge in [0, 0.05) is 18.6 Å². The second-order valence-corrected chi connectivity index (χ2v) is 10.2. The number of benzene rings is 2. The van der Waals surface area contributed by atoms with E-state index in [0.29, 0.717) is 11.1 Å². The van der Waals surface area contributed by atoms with Crippen molar-refractivity contribution >= 4 is 48.1 Å². The first-order valence-corrected chi connectivity index (χ1v) is 14.0. The number of amides is 5. The average molecular weight is 633 g/mol. The number of hydrogen-bond donors (Lipinski definition) is 10. The molecular weight excluding hydrogens is 596 g/mol. The number of carbonyl (C=O) groups excluding carboxylic acids is 5. The van der Waals surface area contributed by atoms with Gasteiger partial charge < -0.3 is 48.1 Å². The van der Waals surface area contributed by atoms with Crippen LogP contribution in [0.25, 0.3) is 0 Å². The standard InChI is InChI=1S/C28H36N6O9S/c29-18(13-35)24(38)31-19(10-15-4-2-1-3-5-15)25(39)32-20(11-16-6-8-17(36)9-7-16)26(40)34-22(14-44)27(41)33-21(28(42)43)12-23(30)37/h1-9,18-22,35-36,44H,10-14,29H2,(H2,30,37)(H,31,38)(H,32,39)(H,33,41)(H,34,40)(H,42,43)/t18-,19-,20-,21-,22-/m0/s1. The van der Waals surface area contributed by atoms with Crippen molar-refractivity contribution in [3.8, 4) is 5.75 Å². The maximum Gasteiger partial charge on any atom is 0.326 e. The molecule has 2 rings (SSSR count). The van der Waals surface area contributed by atoms with Crippen LogP contribution in [0.2, 0.25) is 0 Å². The number of rotatable bonds is 17. The molecule has 2 aromatic carbocycles. The summed E-state index contributed by atoms with van der Waals surface area (Å²) >= 11 is 4.07. The van der Waals surface area contributed by atoms with Crippen molar-refractivity contribution in [1.29, 1.82) is 0 Å². The molecule has 0 saturated heterocycles. The minimum Gasteiger partial charge on any atom is -0.508 e. The van der Waals surface area contributed by atoms with E-state index in [-0.39, 0.29) is 24.3 Å². The number of carboxylic acid groups (broad SMARTS) is 1. The molecule has 0 aliphatic rings. The molecule has 0 saturated carbocycles. The number of nitrogens with one attached hydrogen (secondary N) is 4. The van der Waals surface area contributed by atoms with E-state index in [9.17, 15) is 44.1 Å². The summed E-state index contributed by atoms with van der Waals surface area (Å²) in [6, 6.07) is 7.50. The maximum atomic E-state index is 13.5. The van der Waals surface area contributed by atoms with Gasteiger partial charge in [0.15, 0.2) is 0 Å². The molecule has 0 heterocycles. The Balaban J connectivity index is 2.32. The Morgan fingerprint density at radius 3 is 1.64 bits per heavy atom. The number of aliphatic carboxylic acids is 1. The van der Waals surface area contributed by atoms with Crippen molar-refractivity contribution in [1.82, 2.24) is 21.3 Å². The molecule has 0 aliphatic carbocycles. The van der Waals surface area contributed by atoms with E-state index in [1.807, 2.05) is 0 Å². The number of primary amides is 1. The van der Waals surface area contributed by atoms with Gasteiger partial charge in [-0.05, 0) is 23.3 Å². The lowest BCUT2D eigenvalue weighted by atomic mass is 10.0. The number of aliphatic hydroxyl groups is 1. The summed E-state index contributed by atoms with van der Waals surface area (Å²) in [6.45, 7) is -0.674. The van der Waals surface area contributed by atoms with Gasteiger partial charge in [-0.25, -0.2) is 4.79 Å². The topological polar surface area (TPSA) is 263 Å². The van der Waals surface area contributed by atoms with Crippen LogP contribution in [-0.2, 0) is 41.6 Å². The van der Waals surface area contributed by atoms with Crippen molar-refractivity contribution in [3.05, 3.63) is 65.7 Å². The fraction of sp³-hybridized carbons (Fsp3) is 0.357. The van der Waals surface area contributed by atoms with Crippen LogP contribution in [-0.4, -0.2) is 93.4 Å². The quantitative estimate of drug-likeness (QED) is 0.0808. The van der Waals surface area contributed by atoms with Gasteiger partial charge in [0.1, 0.15) is 36.0 Å². The van der Waals surface area contributed by atoms with Gasteiger partial charge in [-0.15, -0.1) is 0 Å². The number of carbonyl (C=O) groups is 6. The molecule has 0 spiro atoms. The summed E-state index contributed by atoms with van der Waals surface area (Å²) in [5.41, 5.74) is 11.8. The number of aliphatic hydroxyl groups excluding tert-OH is 1. The first-order chi connectivity index (χ1) is 20.8. The predicted molar refractivity (Wildman–Crippen MR) is 160 cm³/mol. The van der Waals surface area contributed by atoms with Crippen molar-refractivity contribution in [3.63, 3.8) is 0 Å². The Hall–Kier alpha value is -4.67. The fourth-order valence-electron chi connectivity index (χ4n) is 3.91. The average Bonchev–Trinajstić information content (AvgIpc) is 2.99. The van der Waals surface area contributed by atoms with Crippen molar-refractivity contribution < 1.29 is 44.1 Å². The Kier molecular flexibility index (Phi) is 14.1. The second-order valence-electron chi connectivity index (χ2n) is 9.79.